The zero-order valence-electron chi connectivity index (χ0n) is 13.7. The number of rotatable bonds is 4. The van der Waals surface area contributed by atoms with Crippen molar-refractivity contribution in [3.8, 4) is 0 Å². The van der Waals surface area contributed by atoms with Crippen molar-refractivity contribution < 1.29 is 9.53 Å². The summed E-state index contributed by atoms with van der Waals surface area (Å²) in [5.74, 6) is 1.36. The number of carbonyl (C=O) groups excluding carboxylic acids is 1. The molecular formula is C17H30N2O2. The Morgan fingerprint density at radius 1 is 1.19 bits per heavy atom. The fraction of sp³-hybridized carbons (Fsp3) is 0.941. The maximum Gasteiger partial charge on any atom is 0.241 e. The predicted molar refractivity (Wildman–Crippen MR) is 82.8 cm³/mol. The first kappa shape index (κ1) is 15.3. The molecule has 1 amide bonds. The van der Waals surface area contributed by atoms with Gasteiger partial charge in [0, 0.05) is 13.2 Å². The minimum Gasteiger partial charge on any atom is -0.381 e. The Kier molecular flexibility index (Phi) is 4.55. The number of carbonyl (C=O) groups is 1. The van der Waals surface area contributed by atoms with Gasteiger partial charge in [-0.25, -0.2) is 0 Å². The van der Waals surface area contributed by atoms with Gasteiger partial charge in [-0.1, -0.05) is 26.7 Å². The van der Waals surface area contributed by atoms with Crippen LogP contribution < -0.4 is 5.32 Å². The highest BCUT2D eigenvalue weighted by Gasteiger charge is 2.48. The molecule has 4 nitrogen and oxygen atoms in total. The van der Waals surface area contributed by atoms with Gasteiger partial charge in [-0.3, -0.25) is 10.1 Å². The quantitative estimate of drug-likeness (QED) is 0.866. The summed E-state index contributed by atoms with van der Waals surface area (Å²) in [4.78, 5) is 15.1. The second kappa shape index (κ2) is 6.25. The molecular weight excluding hydrogens is 264 g/mol. The van der Waals surface area contributed by atoms with Crippen LogP contribution in [0, 0.1) is 11.8 Å². The van der Waals surface area contributed by atoms with Crippen LogP contribution in [-0.4, -0.2) is 42.3 Å². The highest BCUT2D eigenvalue weighted by atomic mass is 16.5. The first-order valence-electron chi connectivity index (χ1n) is 8.72. The Bertz CT molecular complexity index is 379. The highest BCUT2D eigenvalue weighted by Crippen LogP contribution is 2.37. The lowest BCUT2D eigenvalue weighted by atomic mass is 10.0. The van der Waals surface area contributed by atoms with Crippen LogP contribution in [0.5, 0.6) is 0 Å². The third-order valence-electron chi connectivity index (χ3n) is 5.77. The van der Waals surface area contributed by atoms with Gasteiger partial charge in [-0.2, -0.15) is 0 Å². The fourth-order valence-corrected chi connectivity index (χ4v) is 4.54. The van der Waals surface area contributed by atoms with E-state index in [2.05, 4.69) is 24.1 Å². The molecule has 3 fully saturated rings. The molecule has 21 heavy (non-hydrogen) atoms. The normalized spacial score (nSPS) is 38.1. The summed E-state index contributed by atoms with van der Waals surface area (Å²) in [5.41, 5.74) is 0. The van der Waals surface area contributed by atoms with Gasteiger partial charge >= 0.3 is 0 Å². The summed E-state index contributed by atoms with van der Waals surface area (Å²) in [6.45, 7) is 4.30. The lowest BCUT2D eigenvalue weighted by Gasteiger charge is -2.33. The average Bonchev–Trinajstić information content (AvgIpc) is 3.16. The largest absolute Gasteiger partial charge is 0.381 e. The van der Waals surface area contributed by atoms with Gasteiger partial charge in [0.15, 0.2) is 0 Å². The van der Waals surface area contributed by atoms with E-state index in [1.165, 1.54) is 25.7 Å². The standard InChI is InChI=1S/C17H30N2O2/c1-11(2)15-17(20)19(13-8-9-14(10-13)21-3)16(18-15)12-6-4-5-7-12/h11-16,18H,4-10H2,1-3H3. The van der Waals surface area contributed by atoms with Crippen LogP contribution in [0.2, 0.25) is 0 Å². The van der Waals surface area contributed by atoms with Crippen molar-refractivity contribution in [2.24, 2.45) is 11.8 Å². The SMILES string of the molecule is COC1CCC(N2C(=O)C(C(C)C)NC2C2CCCC2)C1. The first-order valence-corrected chi connectivity index (χ1v) is 8.72. The number of nitrogens with zero attached hydrogens (tertiary/aromatic N) is 1. The molecule has 1 heterocycles. The van der Waals surface area contributed by atoms with E-state index in [9.17, 15) is 4.79 Å². The van der Waals surface area contributed by atoms with Crippen LogP contribution in [0.3, 0.4) is 0 Å². The molecule has 0 radical (unpaired) electrons. The Labute approximate surface area is 128 Å². The van der Waals surface area contributed by atoms with Crippen molar-refractivity contribution in [2.75, 3.05) is 7.11 Å². The van der Waals surface area contributed by atoms with E-state index in [-0.39, 0.29) is 12.2 Å². The highest BCUT2D eigenvalue weighted by molar-refractivity contribution is 5.85. The zero-order valence-corrected chi connectivity index (χ0v) is 13.7. The molecule has 1 aliphatic heterocycles. The Balaban J connectivity index is 1.77. The van der Waals surface area contributed by atoms with Crippen LogP contribution >= 0.6 is 0 Å². The smallest absolute Gasteiger partial charge is 0.241 e. The minimum absolute atomic E-state index is 0.0113. The molecule has 0 aromatic heterocycles. The molecule has 3 rings (SSSR count). The Morgan fingerprint density at radius 3 is 2.48 bits per heavy atom. The van der Waals surface area contributed by atoms with Crippen molar-refractivity contribution in [2.45, 2.75) is 83.1 Å². The zero-order chi connectivity index (χ0) is 15.0. The average molecular weight is 294 g/mol. The van der Waals surface area contributed by atoms with Gasteiger partial charge < -0.3 is 9.64 Å². The van der Waals surface area contributed by atoms with Crippen molar-refractivity contribution in [1.82, 2.24) is 10.2 Å². The van der Waals surface area contributed by atoms with E-state index < -0.39 is 0 Å². The van der Waals surface area contributed by atoms with E-state index in [1.807, 2.05) is 0 Å². The van der Waals surface area contributed by atoms with Gasteiger partial charge in [0.25, 0.3) is 0 Å². The van der Waals surface area contributed by atoms with Crippen LogP contribution in [0.25, 0.3) is 0 Å². The second-order valence-corrected chi connectivity index (χ2v) is 7.45. The van der Waals surface area contributed by atoms with Crippen molar-refractivity contribution >= 4 is 5.91 Å². The van der Waals surface area contributed by atoms with Gasteiger partial charge in [-0.05, 0) is 43.9 Å². The van der Waals surface area contributed by atoms with Crippen LogP contribution in [0.1, 0.15) is 58.8 Å². The molecule has 0 aromatic rings. The number of nitrogens with one attached hydrogen (secondary N) is 1. The third-order valence-corrected chi connectivity index (χ3v) is 5.77. The maximum atomic E-state index is 12.9. The van der Waals surface area contributed by atoms with Crippen LogP contribution in [-0.2, 0) is 9.53 Å². The summed E-state index contributed by atoms with van der Waals surface area (Å²) in [5, 5.41) is 3.68. The van der Waals surface area contributed by atoms with Crippen molar-refractivity contribution in [1.29, 1.82) is 0 Å². The molecule has 0 aromatic carbocycles. The number of hydrogen-bond acceptors (Lipinski definition) is 3. The number of ether oxygens (including phenoxy) is 1. The molecule has 1 saturated heterocycles. The summed E-state index contributed by atoms with van der Waals surface area (Å²) in [6, 6.07) is 0.390. The molecule has 1 N–H and O–H groups in total. The second-order valence-electron chi connectivity index (χ2n) is 7.45. The number of hydrogen-bond donors (Lipinski definition) is 1. The van der Waals surface area contributed by atoms with E-state index in [4.69, 9.17) is 4.74 Å². The van der Waals surface area contributed by atoms with Gasteiger partial charge in [0.05, 0.1) is 18.3 Å². The van der Waals surface area contributed by atoms with Crippen LogP contribution in [0.15, 0.2) is 0 Å². The molecule has 4 atom stereocenters. The van der Waals surface area contributed by atoms with E-state index in [1.54, 1.807) is 7.11 Å². The summed E-state index contributed by atoms with van der Waals surface area (Å²) < 4.78 is 5.51. The lowest BCUT2D eigenvalue weighted by molar-refractivity contribution is -0.133. The monoisotopic (exact) mass is 294 g/mol. The predicted octanol–water partition coefficient (Wildman–Crippen LogP) is 2.53. The Hall–Kier alpha value is -0.610. The topological polar surface area (TPSA) is 41.6 Å². The van der Waals surface area contributed by atoms with Crippen molar-refractivity contribution in [3.63, 3.8) is 0 Å². The molecule has 4 heteroatoms. The first-order chi connectivity index (χ1) is 10.1. The molecule has 2 saturated carbocycles. The van der Waals surface area contributed by atoms with E-state index in [0.29, 0.717) is 29.9 Å². The molecule has 3 aliphatic rings. The maximum absolute atomic E-state index is 12.9. The van der Waals surface area contributed by atoms with Crippen LogP contribution in [0.4, 0.5) is 0 Å². The van der Waals surface area contributed by atoms with E-state index in [0.717, 1.165) is 19.3 Å². The van der Waals surface area contributed by atoms with E-state index >= 15 is 0 Å². The summed E-state index contributed by atoms with van der Waals surface area (Å²) >= 11 is 0. The molecule has 2 aliphatic carbocycles. The van der Waals surface area contributed by atoms with Gasteiger partial charge in [0.1, 0.15) is 0 Å². The summed E-state index contributed by atoms with van der Waals surface area (Å²) in [6.07, 6.45) is 9.00. The lowest BCUT2D eigenvalue weighted by Crippen LogP contribution is -2.47. The number of amides is 1. The summed E-state index contributed by atoms with van der Waals surface area (Å²) in [7, 11) is 1.79. The fourth-order valence-electron chi connectivity index (χ4n) is 4.54. The molecule has 0 bridgehead atoms. The minimum atomic E-state index is 0.0113. The molecule has 120 valence electrons. The number of methoxy groups -OCH3 is 1. The third kappa shape index (κ3) is 2.85. The molecule has 0 spiro atoms. The van der Waals surface area contributed by atoms with Gasteiger partial charge in [-0.15, -0.1) is 0 Å². The van der Waals surface area contributed by atoms with Crippen molar-refractivity contribution in [3.05, 3.63) is 0 Å². The van der Waals surface area contributed by atoms with Gasteiger partial charge in [0.2, 0.25) is 5.91 Å². The molecule has 4 unspecified atom stereocenters. The Morgan fingerprint density at radius 2 is 1.90 bits per heavy atom.